The minimum Gasteiger partial charge on any atom is -0.454 e. The maximum absolute atomic E-state index is 13.0. The van der Waals surface area contributed by atoms with Crippen LogP contribution in [0, 0.1) is 12.8 Å². The zero-order valence-corrected chi connectivity index (χ0v) is 16.2. The van der Waals surface area contributed by atoms with Gasteiger partial charge >= 0.3 is 0 Å². The van der Waals surface area contributed by atoms with Gasteiger partial charge in [-0.15, -0.1) is 0 Å². The van der Waals surface area contributed by atoms with Crippen molar-refractivity contribution in [3.63, 3.8) is 0 Å². The zero-order valence-electron chi connectivity index (χ0n) is 16.2. The van der Waals surface area contributed by atoms with Crippen molar-refractivity contribution < 1.29 is 14.3 Å². The topological polar surface area (TPSA) is 70.7 Å². The lowest BCUT2D eigenvalue weighted by Crippen LogP contribution is -2.50. The molecular formula is C21H26N4O3. The second-order valence-electron chi connectivity index (χ2n) is 7.98. The lowest BCUT2D eigenvalue weighted by molar-refractivity contribution is -0.137. The van der Waals surface area contributed by atoms with E-state index in [9.17, 15) is 4.79 Å². The van der Waals surface area contributed by atoms with Gasteiger partial charge < -0.3 is 19.4 Å². The zero-order chi connectivity index (χ0) is 19.1. The van der Waals surface area contributed by atoms with E-state index in [2.05, 4.69) is 31.9 Å². The first-order valence-electron chi connectivity index (χ1n) is 10.1. The normalized spacial score (nSPS) is 21.6. The number of imidazole rings is 1. The average molecular weight is 382 g/mol. The second-order valence-corrected chi connectivity index (χ2v) is 7.98. The predicted octanol–water partition coefficient (Wildman–Crippen LogP) is 1.90. The molecule has 28 heavy (non-hydrogen) atoms. The first-order valence-corrected chi connectivity index (χ1v) is 10.1. The Morgan fingerprint density at radius 3 is 2.89 bits per heavy atom. The van der Waals surface area contributed by atoms with E-state index in [1.165, 1.54) is 5.56 Å². The first kappa shape index (κ1) is 17.6. The number of aromatic nitrogens is 2. The van der Waals surface area contributed by atoms with E-state index in [0.29, 0.717) is 12.7 Å². The summed E-state index contributed by atoms with van der Waals surface area (Å²) in [7, 11) is 0. The number of amides is 1. The van der Waals surface area contributed by atoms with Gasteiger partial charge in [0, 0.05) is 50.8 Å². The van der Waals surface area contributed by atoms with E-state index in [-0.39, 0.29) is 5.92 Å². The average Bonchev–Trinajstić information content (AvgIpc) is 3.32. The quantitative estimate of drug-likeness (QED) is 0.878. The standard InChI is InChI=1S/C21H26N4O3/c1-14-22-17-4-3-16(11-18(17)23-14)21(26)25-8-6-24(7-9-25)12-15-2-5-19-20(10-15)28-13-27-19/h2,5,10,16H,3-4,6-9,11-13H2,1H3,(H,22,23)/t16-/m1/s1. The third-order valence-corrected chi connectivity index (χ3v) is 6.04. The number of piperazine rings is 1. The van der Waals surface area contributed by atoms with Gasteiger partial charge in [0.25, 0.3) is 0 Å². The summed E-state index contributed by atoms with van der Waals surface area (Å²) in [5.41, 5.74) is 3.53. The van der Waals surface area contributed by atoms with Crippen molar-refractivity contribution in [2.24, 2.45) is 5.92 Å². The van der Waals surface area contributed by atoms with Crippen LogP contribution in [0.15, 0.2) is 18.2 Å². The van der Waals surface area contributed by atoms with Gasteiger partial charge in [-0.25, -0.2) is 4.98 Å². The SMILES string of the molecule is Cc1nc2c([nH]1)C[C@H](C(=O)N1CCN(Cc3ccc4c(c3)OCO4)CC1)CC2. The predicted molar refractivity (Wildman–Crippen MR) is 103 cm³/mol. The highest BCUT2D eigenvalue weighted by atomic mass is 16.7. The van der Waals surface area contributed by atoms with Gasteiger partial charge in [0.15, 0.2) is 11.5 Å². The Kier molecular flexibility index (Phi) is 4.47. The molecule has 0 saturated carbocycles. The number of carbonyl (C=O) groups is 1. The minimum absolute atomic E-state index is 0.0905. The summed E-state index contributed by atoms with van der Waals surface area (Å²) in [6, 6.07) is 6.13. The van der Waals surface area contributed by atoms with Gasteiger partial charge in [0.1, 0.15) is 5.82 Å². The number of nitrogens with zero attached hydrogens (tertiary/aromatic N) is 3. The highest BCUT2D eigenvalue weighted by Gasteiger charge is 2.31. The van der Waals surface area contributed by atoms with Crippen molar-refractivity contribution in [1.82, 2.24) is 19.8 Å². The summed E-state index contributed by atoms with van der Waals surface area (Å²) in [5.74, 6) is 3.00. The Morgan fingerprint density at radius 1 is 1.21 bits per heavy atom. The van der Waals surface area contributed by atoms with Crippen molar-refractivity contribution in [2.45, 2.75) is 32.7 Å². The van der Waals surface area contributed by atoms with E-state index < -0.39 is 0 Å². The molecule has 1 aromatic heterocycles. The van der Waals surface area contributed by atoms with Gasteiger partial charge in [0.2, 0.25) is 12.7 Å². The molecule has 1 atom stereocenters. The molecule has 5 rings (SSSR count). The molecule has 0 radical (unpaired) electrons. The maximum atomic E-state index is 13.0. The van der Waals surface area contributed by atoms with Crippen molar-refractivity contribution in [2.75, 3.05) is 33.0 Å². The molecule has 0 bridgehead atoms. The molecule has 1 amide bonds. The van der Waals surface area contributed by atoms with Crippen LogP contribution in [0.1, 0.15) is 29.2 Å². The van der Waals surface area contributed by atoms with Gasteiger partial charge in [-0.1, -0.05) is 6.07 Å². The van der Waals surface area contributed by atoms with Crippen LogP contribution in [0.2, 0.25) is 0 Å². The van der Waals surface area contributed by atoms with Crippen LogP contribution < -0.4 is 9.47 Å². The first-order chi connectivity index (χ1) is 13.7. The van der Waals surface area contributed by atoms with Crippen LogP contribution >= 0.6 is 0 Å². The number of nitrogens with one attached hydrogen (secondary N) is 1. The summed E-state index contributed by atoms with van der Waals surface area (Å²) in [6.45, 7) is 6.57. The number of rotatable bonds is 3. The molecular weight excluding hydrogens is 356 g/mol. The van der Waals surface area contributed by atoms with Gasteiger partial charge in [-0.3, -0.25) is 9.69 Å². The van der Waals surface area contributed by atoms with Gasteiger partial charge in [-0.05, 0) is 37.5 Å². The van der Waals surface area contributed by atoms with Gasteiger partial charge in [-0.2, -0.15) is 0 Å². The highest BCUT2D eigenvalue weighted by molar-refractivity contribution is 5.79. The number of benzene rings is 1. The van der Waals surface area contributed by atoms with E-state index in [4.69, 9.17) is 9.47 Å². The Bertz CT molecular complexity index is 886. The Morgan fingerprint density at radius 2 is 2.04 bits per heavy atom. The fraction of sp³-hybridized carbons (Fsp3) is 0.524. The molecule has 1 fully saturated rings. The van der Waals surface area contributed by atoms with E-state index >= 15 is 0 Å². The van der Waals surface area contributed by atoms with Crippen LogP contribution in [0.25, 0.3) is 0 Å². The highest BCUT2D eigenvalue weighted by Crippen LogP contribution is 2.33. The van der Waals surface area contributed by atoms with Crippen LogP contribution in [0.4, 0.5) is 0 Å². The van der Waals surface area contributed by atoms with Crippen molar-refractivity contribution in [3.8, 4) is 11.5 Å². The van der Waals surface area contributed by atoms with E-state index in [0.717, 1.165) is 80.7 Å². The number of hydrogen-bond acceptors (Lipinski definition) is 5. The fourth-order valence-corrected chi connectivity index (χ4v) is 4.52. The molecule has 1 saturated heterocycles. The summed E-state index contributed by atoms with van der Waals surface area (Å²) >= 11 is 0. The van der Waals surface area contributed by atoms with Crippen LogP contribution in [-0.4, -0.2) is 58.6 Å². The van der Waals surface area contributed by atoms with Crippen molar-refractivity contribution in [3.05, 3.63) is 41.0 Å². The third-order valence-electron chi connectivity index (χ3n) is 6.04. The third kappa shape index (κ3) is 3.35. The smallest absolute Gasteiger partial charge is 0.231 e. The Labute approximate surface area is 164 Å². The number of ether oxygens (including phenoxy) is 2. The van der Waals surface area contributed by atoms with Crippen LogP contribution in [0.5, 0.6) is 11.5 Å². The molecule has 3 heterocycles. The molecule has 7 nitrogen and oxygen atoms in total. The molecule has 2 aromatic rings. The molecule has 1 aliphatic carbocycles. The molecule has 2 aliphatic heterocycles. The number of aryl methyl sites for hydroxylation is 2. The summed E-state index contributed by atoms with van der Waals surface area (Å²) in [6.07, 6.45) is 2.61. The van der Waals surface area contributed by atoms with Crippen LogP contribution in [-0.2, 0) is 24.2 Å². The van der Waals surface area contributed by atoms with Gasteiger partial charge in [0.05, 0.1) is 5.69 Å². The minimum atomic E-state index is 0.0905. The molecule has 1 N–H and O–H groups in total. The van der Waals surface area contributed by atoms with E-state index in [1.54, 1.807) is 0 Å². The Hall–Kier alpha value is -2.54. The molecule has 0 spiro atoms. The number of aromatic amines is 1. The molecule has 7 heteroatoms. The largest absolute Gasteiger partial charge is 0.454 e. The number of hydrogen-bond donors (Lipinski definition) is 1. The number of fused-ring (bicyclic) bond motifs is 2. The second kappa shape index (κ2) is 7.13. The maximum Gasteiger partial charge on any atom is 0.231 e. The summed E-state index contributed by atoms with van der Waals surface area (Å²) < 4.78 is 10.8. The van der Waals surface area contributed by atoms with Crippen molar-refractivity contribution in [1.29, 1.82) is 0 Å². The molecule has 0 unspecified atom stereocenters. The number of H-pyrrole nitrogens is 1. The summed E-state index contributed by atoms with van der Waals surface area (Å²) in [4.78, 5) is 25.3. The van der Waals surface area contributed by atoms with E-state index in [1.807, 2.05) is 13.0 Å². The molecule has 1 aromatic carbocycles. The number of carbonyl (C=O) groups excluding carboxylic acids is 1. The Balaban J connectivity index is 1.15. The lowest BCUT2D eigenvalue weighted by Gasteiger charge is -2.37. The lowest BCUT2D eigenvalue weighted by atomic mass is 9.88. The fourth-order valence-electron chi connectivity index (χ4n) is 4.52. The van der Waals surface area contributed by atoms with Crippen LogP contribution in [0.3, 0.4) is 0 Å². The van der Waals surface area contributed by atoms with Crippen molar-refractivity contribution >= 4 is 5.91 Å². The monoisotopic (exact) mass is 382 g/mol. The molecule has 148 valence electrons. The summed E-state index contributed by atoms with van der Waals surface area (Å²) in [5, 5.41) is 0. The molecule has 3 aliphatic rings.